The van der Waals surface area contributed by atoms with Crippen molar-refractivity contribution in [2.75, 3.05) is 0 Å². The van der Waals surface area contributed by atoms with Crippen LogP contribution in [0.15, 0.2) is 35.5 Å². The van der Waals surface area contributed by atoms with E-state index < -0.39 is 0 Å². The predicted octanol–water partition coefficient (Wildman–Crippen LogP) is 7.54. The average Bonchev–Trinajstić information content (AvgIpc) is 2.64. The molecule has 0 aliphatic heterocycles. The van der Waals surface area contributed by atoms with Crippen LogP contribution in [0.2, 0.25) is 0 Å². The van der Waals surface area contributed by atoms with Crippen LogP contribution in [0.25, 0.3) is 0 Å². The molecule has 7 atom stereocenters. The van der Waals surface area contributed by atoms with Gasteiger partial charge < -0.3 is 0 Å². The Hall–Kier alpha value is -1.11. The van der Waals surface area contributed by atoms with E-state index in [4.69, 9.17) is 0 Å². The molecule has 0 saturated heterocycles. The van der Waals surface area contributed by atoms with Crippen molar-refractivity contribution in [3.8, 4) is 0 Å². The van der Waals surface area contributed by atoms with E-state index in [1.54, 1.807) is 0 Å². The van der Waals surface area contributed by atoms with Gasteiger partial charge in [0.2, 0.25) is 0 Å². The molecule has 1 fully saturated rings. The summed E-state index contributed by atoms with van der Waals surface area (Å²) >= 11 is 0. The molecule has 1 nitrogen and oxygen atoms in total. The first-order valence-electron chi connectivity index (χ1n) is 11.7. The lowest BCUT2D eigenvalue weighted by molar-refractivity contribution is -0.116. The quantitative estimate of drug-likeness (QED) is 0.449. The highest BCUT2D eigenvalue weighted by Gasteiger charge is 2.53. The van der Waals surface area contributed by atoms with Gasteiger partial charge in [0.05, 0.1) is 0 Å². The van der Waals surface area contributed by atoms with Crippen molar-refractivity contribution >= 4 is 5.78 Å². The first-order valence-corrected chi connectivity index (χ1v) is 11.7. The summed E-state index contributed by atoms with van der Waals surface area (Å²) in [6.45, 7) is 16.9. The van der Waals surface area contributed by atoms with Gasteiger partial charge in [-0.05, 0) is 98.0 Å². The van der Waals surface area contributed by atoms with Crippen LogP contribution in [-0.2, 0) is 4.79 Å². The van der Waals surface area contributed by atoms with Gasteiger partial charge in [0.25, 0.3) is 0 Å². The molecule has 0 spiro atoms. The number of hydrogen-bond acceptors (Lipinski definition) is 1. The Morgan fingerprint density at radius 1 is 1.25 bits per heavy atom. The van der Waals surface area contributed by atoms with Crippen molar-refractivity contribution in [1.82, 2.24) is 0 Å². The molecule has 0 aromatic carbocycles. The van der Waals surface area contributed by atoms with E-state index >= 15 is 0 Å². The fraction of sp³-hybridized carbons (Fsp3) is 0.741. The highest BCUT2D eigenvalue weighted by atomic mass is 16.1. The molecule has 0 radical (unpaired) electrons. The Labute approximate surface area is 173 Å². The predicted molar refractivity (Wildman–Crippen MR) is 120 cm³/mol. The number of allylic oxidation sites excluding steroid dienone is 6. The Kier molecular flexibility index (Phi) is 6.14. The van der Waals surface area contributed by atoms with E-state index in [0.29, 0.717) is 29.0 Å². The van der Waals surface area contributed by atoms with E-state index in [9.17, 15) is 4.79 Å². The molecule has 0 heterocycles. The standard InChI is InChI=1S/C27H42O/c1-18(2)9-8-10-19(3)20(4)26(6)16-14-25-24(21(26)5)12-11-22-17-23(28)13-15-27(22,25)7/h9,11-12,17,19-21,24-25H,8,10,13-16H2,1-7H3/t19-,20?,21+,24?,25+,26?,27?/m1/s1. The van der Waals surface area contributed by atoms with Crippen LogP contribution in [0.1, 0.15) is 87.0 Å². The van der Waals surface area contributed by atoms with Gasteiger partial charge >= 0.3 is 0 Å². The first kappa shape index (κ1) is 21.6. The van der Waals surface area contributed by atoms with Crippen molar-refractivity contribution in [1.29, 1.82) is 0 Å². The summed E-state index contributed by atoms with van der Waals surface area (Å²) < 4.78 is 0. The Balaban J connectivity index is 1.79. The summed E-state index contributed by atoms with van der Waals surface area (Å²) in [7, 11) is 0. The lowest BCUT2D eigenvalue weighted by Crippen LogP contribution is -2.51. The third kappa shape index (κ3) is 3.71. The number of ketones is 1. The SMILES string of the molecule is CC(C)=CCC[C@@H](C)C(C)C1(C)CC[C@H]2C(C=CC3=CC(=O)CCC32C)[C@@H]1C. The van der Waals surface area contributed by atoms with Crippen LogP contribution >= 0.6 is 0 Å². The van der Waals surface area contributed by atoms with Gasteiger partial charge in [-0.25, -0.2) is 0 Å². The maximum Gasteiger partial charge on any atom is 0.156 e. The van der Waals surface area contributed by atoms with Gasteiger partial charge in [0.1, 0.15) is 0 Å². The molecule has 0 aromatic heterocycles. The Bertz CT molecular complexity index is 691. The summed E-state index contributed by atoms with van der Waals surface area (Å²) in [6, 6.07) is 0. The minimum Gasteiger partial charge on any atom is -0.295 e. The van der Waals surface area contributed by atoms with E-state index in [1.165, 1.54) is 36.8 Å². The van der Waals surface area contributed by atoms with Crippen LogP contribution in [0, 0.1) is 40.4 Å². The molecule has 3 aliphatic carbocycles. The number of rotatable bonds is 5. The Morgan fingerprint density at radius 3 is 2.64 bits per heavy atom. The molecule has 0 aromatic rings. The molecule has 156 valence electrons. The molecule has 0 N–H and O–H groups in total. The zero-order valence-electron chi connectivity index (χ0n) is 19.3. The molecule has 1 saturated carbocycles. The van der Waals surface area contributed by atoms with Crippen LogP contribution in [0.4, 0.5) is 0 Å². The minimum absolute atomic E-state index is 0.210. The van der Waals surface area contributed by atoms with Crippen LogP contribution in [0.3, 0.4) is 0 Å². The zero-order chi connectivity index (χ0) is 20.7. The largest absolute Gasteiger partial charge is 0.295 e. The van der Waals surface area contributed by atoms with E-state index in [0.717, 1.165) is 24.7 Å². The smallest absolute Gasteiger partial charge is 0.156 e. The van der Waals surface area contributed by atoms with E-state index in [-0.39, 0.29) is 5.41 Å². The molecule has 3 aliphatic rings. The van der Waals surface area contributed by atoms with Gasteiger partial charge in [-0.15, -0.1) is 0 Å². The molecule has 3 rings (SSSR count). The molecule has 0 bridgehead atoms. The topological polar surface area (TPSA) is 17.1 Å². The summed E-state index contributed by atoms with van der Waals surface area (Å²) in [5.74, 6) is 3.86. The summed E-state index contributed by atoms with van der Waals surface area (Å²) in [4.78, 5) is 12.0. The second-order valence-electron chi connectivity index (χ2n) is 11.0. The lowest BCUT2D eigenvalue weighted by Gasteiger charge is -2.58. The maximum atomic E-state index is 12.0. The summed E-state index contributed by atoms with van der Waals surface area (Å²) in [6.07, 6.45) is 16.1. The van der Waals surface area contributed by atoms with Crippen molar-refractivity contribution in [3.63, 3.8) is 0 Å². The van der Waals surface area contributed by atoms with Gasteiger partial charge in [-0.2, -0.15) is 0 Å². The summed E-state index contributed by atoms with van der Waals surface area (Å²) in [5, 5.41) is 0. The van der Waals surface area contributed by atoms with Crippen molar-refractivity contribution in [2.45, 2.75) is 87.0 Å². The van der Waals surface area contributed by atoms with Gasteiger partial charge in [0, 0.05) is 6.42 Å². The molecule has 28 heavy (non-hydrogen) atoms. The zero-order valence-corrected chi connectivity index (χ0v) is 19.3. The molecular weight excluding hydrogens is 340 g/mol. The lowest BCUT2D eigenvalue weighted by atomic mass is 9.46. The van der Waals surface area contributed by atoms with Crippen LogP contribution in [0.5, 0.6) is 0 Å². The highest BCUT2D eigenvalue weighted by molar-refractivity contribution is 5.92. The van der Waals surface area contributed by atoms with Gasteiger partial charge in [-0.3, -0.25) is 4.79 Å². The maximum absolute atomic E-state index is 12.0. The number of carbonyl (C=O) groups is 1. The monoisotopic (exact) mass is 382 g/mol. The number of fused-ring (bicyclic) bond motifs is 3. The normalized spacial score (nSPS) is 39.5. The van der Waals surface area contributed by atoms with Crippen molar-refractivity contribution < 1.29 is 4.79 Å². The van der Waals surface area contributed by atoms with Crippen molar-refractivity contribution in [2.24, 2.45) is 40.4 Å². The third-order valence-corrected chi connectivity index (χ3v) is 9.33. The number of carbonyl (C=O) groups excluding carboxylic acids is 1. The van der Waals surface area contributed by atoms with Gasteiger partial charge in [0.15, 0.2) is 5.78 Å². The van der Waals surface area contributed by atoms with Crippen LogP contribution in [-0.4, -0.2) is 5.78 Å². The molecular formula is C27H42O. The fourth-order valence-electron chi connectivity index (χ4n) is 6.69. The fourth-order valence-corrected chi connectivity index (χ4v) is 6.69. The highest BCUT2D eigenvalue weighted by Crippen LogP contribution is 2.61. The first-order chi connectivity index (χ1) is 13.1. The second-order valence-corrected chi connectivity index (χ2v) is 11.0. The van der Waals surface area contributed by atoms with Crippen molar-refractivity contribution in [3.05, 3.63) is 35.5 Å². The molecule has 0 amide bonds. The molecule has 1 heteroatoms. The average molecular weight is 383 g/mol. The second kappa shape index (κ2) is 7.96. The van der Waals surface area contributed by atoms with E-state index in [2.05, 4.69) is 66.7 Å². The Morgan fingerprint density at radius 2 is 1.96 bits per heavy atom. The van der Waals surface area contributed by atoms with E-state index in [1.807, 2.05) is 6.08 Å². The van der Waals surface area contributed by atoms with Gasteiger partial charge in [-0.1, -0.05) is 58.4 Å². The minimum atomic E-state index is 0.210. The third-order valence-electron chi connectivity index (χ3n) is 9.33. The van der Waals surface area contributed by atoms with Crippen LogP contribution < -0.4 is 0 Å². The molecule has 4 unspecified atom stereocenters. The number of hydrogen-bond donors (Lipinski definition) is 0. The summed E-state index contributed by atoms with van der Waals surface area (Å²) in [5.41, 5.74) is 3.36.